The van der Waals surface area contributed by atoms with Gasteiger partial charge in [0.25, 0.3) is 0 Å². The van der Waals surface area contributed by atoms with E-state index in [2.05, 4.69) is 0 Å². The highest BCUT2D eigenvalue weighted by Gasteiger charge is 2.28. The average molecular weight is 320 g/mol. The molecule has 1 aliphatic rings. The highest BCUT2D eigenvalue weighted by Crippen LogP contribution is 2.17. The van der Waals surface area contributed by atoms with E-state index >= 15 is 0 Å². The van der Waals surface area contributed by atoms with E-state index in [9.17, 15) is 9.59 Å². The van der Waals surface area contributed by atoms with Crippen LogP contribution in [-0.4, -0.2) is 43.5 Å². The Morgan fingerprint density at radius 1 is 1.05 bits per heavy atom. The number of epoxide rings is 1. The fourth-order valence-corrected chi connectivity index (χ4v) is 1.10. The summed E-state index contributed by atoms with van der Waals surface area (Å²) in [5.74, 6) is 0.158. The molecule has 0 aromatic rings. The van der Waals surface area contributed by atoms with Crippen molar-refractivity contribution >= 4 is 23.7 Å². The molecule has 0 N–H and O–H groups in total. The van der Waals surface area contributed by atoms with Crippen molar-refractivity contribution in [1.29, 1.82) is 0 Å². The van der Waals surface area contributed by atoms with Gasteiger partial charge in [0.1, 0.15) is 18.6 Å². The summed E-state index contributed by atoms with van der Waals surface area (Å²) in [6.45, 7) is 12.2. The lowest BCUT2D eigenvalue weighted by Crippen LogP contribution is -2.24. The number of hydrogen-bond acceptors (Lipinski definition) is 6. The number of rotatable bonds is 4. The summed E-state index contributed by atoms with van der Waals surface area (Å²) in [7, 11) is 0. The van der Waals surface area contributed by atoms with Gasteiger partial charge >= 0.3 is 11.9 Å². The molecular formula is C15H28O5S. The van der Waals surface area contributed by atoms with Crippen molar-refractivity contribution in [1.82, 2.24) is 0 Å². The van der Waals surface area contributed by atoms with Crippen molar-refractivity contribution in [3.63, 3.8) is 0 Å². The van der Waals surface area contributed by atoms with Crippen molar-refractivity contribution < 1.29 is 23.8 Å². The number of carbonyl (C=O) groups excluding carboxylic acids is 2. The fraction of sp³-hybridized carbons (Fsp3) is 0.867. The predicted octanol–water partition coefficient (Wildman–Crippen LogP) is 2.87. The lowest BCUT2D eigenvalue weighted by molar-refractivity contribution is -0.153. The molecule has 0 bridgehead atoms. The van der Waals surface area contributed by atoms with Crippen LogP contribution in [0.2, 0.25) is 0 Å². The Bertz CT molecular complexity index is 337. The first kappa shape index (κ1) is 20.2. The zero-order valence-electron chi connectivity index (χ0n) is 14.1. The van der Waals surface area contributed by atoms with E-state index in [1.807, 2.05) is 47.8 Å². The van der Waals surface area contributed by atoms with Gasteiger partial charge < -0.3 is 14.2 Å². The molecule has 1 saturated heterocycles. The van der Waals surface area contributed by atoms with Gasteiger partial charge in [-0.05, 0) is 47.8 Å². The normalized spacial score (nSPS) is 17.4. The summed E-state index contributed by atoms with van der Waals surface area (Å²) in [5.41, 5.74) is -0.759. The van der Waals surface area contributed by atoms with Crippen LogP contribution in [0, 0.1) is 10.8 Å². The summed E-state index contributed by atoms with van der Waals surface area (Å²) in [4.78, 5) is 22.1. The minimum atomic E-state index is -0.394. The Kier molecular flexibility index (Phi) is 8.33. The molecule has 0 aliphatic carbocycles. The topological polar surface area (TPSA) is 65.1 Å². The van der Waals surface area contributed by atoms with Crippen LogP contribution in [0.1, 0.15) is 41.5 Å². The molecule has 21 heavy (non-hydrogen) atoms. The molecule has 0 saturated carbocycles. The lowest BCUT2D eigenvalue weighted by atomic mass is 9.97. The lowest BCUT2D eigenvalue weighted by Gasteiger charge is -2.15. The molecule has 1 fully saturated rings. The van der Waals surface area contributed by atoms with Gasteiger partial charge in [0.15, 0.2) is 0 Å². The zero-order chi connectivity index (χ0) is 16.7. The molecule has 1 heterocycles. The summed E-state index contributed by atoms with van der Waals surface area (Å²) in [5, 5.41) is 0. The van der Waals surface area contributed by atoms with Crippen molar-refractivity contribution in [2.75, 3.05) is 25.4 Å². The van der Waals surface area contributed by atoms with Crippen LogP contribution in [0.25, 0.3) is 0 Å². The largest absolute Gasteiger partial charge is 0.462 e. The van der Waals surface area contributed by atoms with E-state index in [4.69, 9.17) is 14.2 Å². The summed E-state index contributed by atoms with van der Waals surface area (Å²) < 4.78 is 14.7. The molecule has 0 amide bonds. The van der Waals surface area contributed by atoms with Gasteiger partial charge in [-0.1, -0.05) is 0 Å². The van der Waals surface area contributed by atoms with Gasteiger partial charge in [-0.25, -0.2) is 0 Å². The third-order valence-electron chi connectivity index (χ3n) is 2.34. The minimum absolute atomic E-state index is 0.137. The third-order valence-corrected chi connectivity index (χ3v) is 2.69. The van der Waals surface area contributed by atoms with E-state index in [0.717, 1.165) is 6.61 Å². The molecule has 124 valence electrons. The van der Waals surface area contributed by atoms with E-state index in [-0.39, 0.29) is 23.5 Å². The SMILES string of the molecule is CC(C)(C)C(=O)OCC1CO1.CSCOC(=O)C(C)(C)C. The standard InChI is InChI=1S/C8H14O3.C7H14O2S/c1-8(2,3)7(9)11-5-6-4-10-6;1-7(2,3)6(8)9-5-10-4/h6H,4-5H2,1-3H3;5H2,1-4H3. The average Bonchev–Trinajstić information content (AvgIpc) is 3.15. The number of thioether (sulfide) groups is 1. The molecule has 0 aromatic carbocycles. The highest BCUT2D eigenvalue weighted by atomic mass is 32.2. The van der Waals surface area contributed by atoms with E-state index in [1.54, 1.807) is 0 Å². The molecule has 1 atom stereocenters. The molecule has 0 radical (unpaired) electrons. The second-order valence-corrected chi connectivity index (χ2v) is 7.71. The maximum Gasteiger partial charge on any atom is 0.312 e. The first-order chi connectivity index (χ1) is 9.48. The van der Waals surface area contributed by atoms with E-state index in [0.29, 0.717) is 12.5 Å². The summed E-state index contributed by atoms with van der Waals surface area (Å²) in [6, 6.07) is 0. The van der Waals surface area contributed by atoms with E-state index in [1.165, 1.54) is 11.8 Å². The van der Waals surface area contributed by atoms with Crippen molar-refractivity contribution in [3.8, 4) is 0 Å². The molecule has 5 nitrogen and oxygen atoms in total. The van der Waals surface area contributed by atoms with Crippen LogP contribution < -0.4 is 0 Å². The van der Waals surface area contributed by atoms with Crippen LogP contribution in [0.5, 0.6) is 0 Å². The van der Waals surface area contributed by atoms with Crippen LogP contribution in [0.15, 0.2) is 0 Å². The Labute approximate surface area is 132 Å². The predicted molar refractivity (Wildman–Crippen MR) is 84.1 cm³/mol. The summed E-state index contributed by atoms with van der Waals surface area (Å²) in [6.07, 6.45) is 2.07. The smallest absolute Gasteiger partial charge is 0.312 e. The fourth-order valence-electron chi connectivity index (χ4n) is 0.878. The molecule has 0 aromatic heterocycles. The maximum absolute atomic E-state index is 11.1. The molecular weight excluding hydrogens is 292 g/mol. The number of carbonyl (C=O) groups is 2. The molecule has 1 rings (SSSR count). The molecule has 0 spiro atoms. The number of esters is 2. The zero-order valence-corrected chi connectivity index (χ0v) is 15.0. The van der Waals surface area contributed by atoms with Gasteiger partial charge in [-0.2, -0.15) is 0 Å². The van der Waals surface area contributed by atoms with Crippen molar-refractivity contribution in [3.05, 3.63) is 0 Å². The first-order valence-corrected chi connectivity index (χ1v) is 8.33. The van der Waals surface area contributed by atoms with Gasteiger partial charge in [0.2, 0.25) is 0 Å². The monoisotopic (exact) mass is 320 g/mol. The van der Waals surface area contributed by atoms with Crippen LogP contribution in [-0.2, 0) is 23.8 Å². The first-order valence-electron chi connectivity index (χ1n) is 6.93. The molecule has 6 heteroatoms. The van der Waals surface area contributed by atoms with Crippen LogP contribution in [0.4, 0.5) is 0 Å². The van der Waals surface area contributed by atoms with Crippen LogP contribution >= 0.6 is 11.8 Å². The molecule has 1 unspecified atom stereocenters. The Hall–Kier alpha value is -0.750. The Balaban J connectivity index is 0.000000384. The second kappa shape index (κ2) is 8.63. The molecule has 1 aliphatic heterocycles. The Morgan fingerprint density at radius 3 is 1.81 bits per heavy atom. The Morgan fingerprint density at radius 2 is 1.48 bits per heavy atom. The number of hydrogen-bond donors (Lipinski definition) is 0. The van der Waals surface area contributed by atoms with Crippen molar-refractivity contribution in [2.45, 2.75) is 47.6 Å². The van der Waals surface area contributed by atoms with Gasteiger partial charge in [0.05, 0.1) is 17.4 Å². The van der Waals surface area contributed by atoms with Crippen LogP contribution in [0.3, 0.4) is 0 Å². The maximum atomic E-state index is 11.1. The minimum Gasteiger partial charge on any atom is -0.462 e. The summed E-state index contributed by atoms with van der Waals surface area (Å²) >= 11 is 1.50. The van der Waals surface area contributed by atoms with Gasteiger partial charge in [-0.3, -0.25) is 9.59 Å². The quantitative estimate of drug-likeness (QED) is 0.451. The third kappa shape index (κ3) is 10.6. The number of ether oxygens (including phenoxy) is 3. The second-order valence-electron chi connectivity index (χ2n) is 6.89. The van der Waals surface area contributed by atoms with Gasteiger partial charge in [0, 0.05) is 0 Å². The van der Waals surface area contributed by atoms with Crippen molar-refractivity contribution in [2.24, 2.45) is 10.8 Å². The van der Waals surface area contributed by atoms with Gasteiger partial charge in [-0.15, -0.1) is 11.8 Å². The van der Waals surface area contributed by atoms with E-state index < -0.39 is 5.41 Å². The highest BCUT2D eigenvalue weighted by molar-refractivity contribution is 7.98.